The number of aliphatic hydroxyl groups excluding tert-OH is 1. The van der Waals surface area contributed by atoms with Gasteiger partial charge in [-0.1, -0.05) is 34.1 Å². The zero-order valence-corrected chi connectivity index (χ0v) is 11.1. The van der Waals surface area contributed by atoms with E-state index in [1.165, 1.54) is 0 Å². The Bertz CT molecular complexity index is 674. The summed E-state index contributed by atoms with van der Waals surface area (Å²) in [6.07, 6.45) is 2.49. The lowest BCUT2D eigenvalue weighted by atomic mass is 10.0. The van der Waals surface area contributed by atoms with Gasteiger partial charge in [0.1, 0.15) is 6.10 Å². The highest BCUT2D eigenvalue weighted by Crippen LogP contribution is 2.27. The summed E-state index contributed by atoms with van der Waals surface area (Å²) in [5, 5.41) is 12.5. The van der Waals surface area contributed by atoms with Gasteiger partial charge in [0.2, 0.25) is 0 Å². The minimum atomic E-state index is -0.642. The Morgan fingerprint density at radius 2 is 1.72 bits per heavy atom. The SMILES string of the molecule is OC(c1ccoc1)c1ccc2cc(Br)ccc2c1. The first kappa shape index (κ1) is 11.5. The van der Waals surface area contributed by atoms with Crippen LogP contribution in [0.4, 0.5) is 0 Å². The summed E-state index contributed by atoms with van der Waals surface area (Å²) in [4.78, 5) is 0. The van der Waals surface area contributed by atoms with Crippen LogP contribution in [0.15, 0.2) is 63.9 Å². The number of aliphatic hydroxyl groups is 1. The van der Waals surface area contributed by atoms with Crippen molar-refractivity contribution in [1.82, 2.24) is 0 Å². The molecule has 1 atom stereocenters. The molecular formula is C15H11BrO2. The average molecular weight is 303 g/mol. The van der Waals surface area contributed by atoms with Crippen LogP contribution < -0.4 is 0 Å². The number of hydrogen-bond acceptors (Lipinski definition) is 2. The van der Waals surface area contributed by atoms with Crippen molar-refractivity contribution in [2.24, 2.45) is 0 Å². The second kappa shape index (κ2) is 4.59. The van der Waals surface area contributed by atoms with Gasteiger partial charge in [-0.25, -0.2) is 0 Å². The van der Waals surface area contributed by atoms with Gasteiger partial charge in [0.05, 0.1) is 12.5 Å². The van der Waals surface area contributed by atoms with Crippen LogP contribution in [0.2, 0.25) is 0 Å². The van der Waals surface area contributed by atoms with Crippen molar-refractivity contribution in [3.8, 4) is 0 Å². The fourth-order valence-electron chi connectivity index (χ4n) is 2.03. The molecule has 0 fully saturated rings. The van der Waals surface area contributed by atoms with Crippen LogP contribution in [0.3, 0.4) is 0 Å². The number of rotatable bonds is 2. The Labute approximate surface area is 113 Å². The number of hydrogen-bond donors (Lipinski definition) is 1. The molecule has 90 valence electrons. The van der Waals surface area contributed by atoms with Crippen LogP contribution >= 0.6 is 15.9 Å². The summed E-state index contributed by atoms with van der Waals surface area (Å²) in [7, 11) is 0. The van der Waals surface area contributed by atoms with E-state index in [0.717, 1.165) is 26.4 Å². The van der Waals surface area contributed by atoms with Crippen molar-refractivity contribution in [1.29, 1.82) is 0 Å². The Balaban J connectivity index is 2.06. The van der Waals surface area contributed by atoms with Crippen molar-refractivity contribution in [3.63, 3.8) is 0 Å². The monoisotopic (exact) mass is 302 g/mol. The molecule has 3 heteroatoms. The molecule has 1 aromatic heterocycles. The van der Waals surface area contributed by atoms with E-state index in [-0.39, 0.29) is 0 Å². The third-order valence-corrected chi connectivity index (χ3v) is 3.49. The van der Waals surface area contributed by atoms with Crippen LogP contribution in [-0.4, -0.2) is 5.11 Å². The topological polar surface area (TPSA) is 33.4 Å². The Hall–Kier alpha value is -1.58. The third kappa shape index (κ3) is 2.07. The maximum atomic E-state index is 10.2. The summed E-state index contributed by atoms with van der Waals surface area (Å²) in [5.41, 5.74) is 1.64. The van der Waals surface area contributed by atoms with Gasteiger partial charge < -0.3 is 9.52 Å². The van der Waals surface area contributed by atoms with Gasteiger partial charge in [0.25, 0.3) is 0 Å². The normalized spacial score (nSPS) is 12.8. The second-order valence-corrected chi connectivity index (χ2v) is 5.13. The molecule has 0 spiro atoms. The molecule has 1 N–H and O–H groups in total. The van der Waals surface area contributed by atoms with E-state index in [0.29, 0.717) is 0 Å². The molecule has 0 aliphatic carbocycles. The van der Waals surface area contributed by atoms with E-state index in [1.54, 1.807) is 18.6 Å². The summed E-state index contributed by atoms with van der Waals surface area (Å²) < 4.78 is 6.05. The predicted molar refractivity (Wildman–Crippen MR) is 74.4 cm³/mol. The third-order valence-electron chi connectivity index (χ3n) is 3.00. The van der Waals surface area contributed by atoms with E-state index in [1.807, 2.05) is 30.3 Å². The standard InChI is InChI=1S/C15H11BrO2/c16-14-4-3-10-7-12(2-1-11(10)8-14)15(17)13-5-6-18-9-13/h1-9,15,17H. The average Bonchev–Trinajstić information content (AvgIpc) is 2.91. The lowest BCUT2D eigenvalue weighted by molar-refractivity contribution is 0.219. The highest BCUT2D eigenvalue weighted by Gasteiger charge is 2.11. The molecule has 0 radical (unpaired) electrons. The number of fused-ring (bicyclic) bond motifs is 1. The summed E-state index contributed by atoms with van der Waals surface area (Å²) >= 11 is 3.45. The maximum absolute atomic E-state index is 10.2. The smallest absolute Gasteiger partial charge is 0.107 e. The van der Waals surface area contributed by atoms with Crippen LogP contribution in [-0.2, 0) is 0 Å². The molecule has 2 nitrogen and oxygen atoms in total. The second-order valence-electron chi connectivity index (χ2n) is 4.21. The molecule has 18 heavy (non-hydrogen) atoms. The highest BCUT2D eigenvalue weighted by atomic mass is 79.9. The minimum absolute atomic E-state index is 0.642. The summed E-state index contributed by atoms with van der Waals surface area (Å²) in [6, 6.07) is 13.8. The Morgan fingerprint density at radius 3 is 2.50 bits per heavy atom. The zero-order valence-electron chi connectivity index (χ0n) is 9.51. The molecule has 2 aromatic carbocycles. The van der Waals surface area contributed by atoms with Crippen molar-refractivity contribution in [3.05, 3.63) is 70.6 Å². The van der Waals surface area contributed by atoms with E-state index >= 15 is 0 Å². The first-order chi connectivity index (χ1) is 8.74. The fourth-order valence-corrected chi connectivity index (χ4v) is 2.41. The molecule has 1 heterocycles. The molecule has 0 aliphatic heterocycles. The summed E-state index contributed by atoms with van der Waals surface area (Å²) in [6.45, 7) is 0. The molecule has 0 saturated carbocycles. The van der Waals surface area contributed by atoms with Gasteiger partial charge in [-0.15, -0.1) is 0 Å². The highest BCUT2D eigenvalue weighted by molar-refractivity contribution is 9.10. The van der Waals surface area contributed by atoms with E-state index in [9.17, 15) is 5.11 Å². The Morgan fingerprint density at radius 1 is 0.944 bits per heavy atom. The summed E-state index contributed by atoms with van der Waals surface area (Å²) in [5.74, 6) is 0. The lowest BCUT2D eigenvalue weighted by Crippen LogP contribution is -1.97. The van der Waals surface area contributed by atoms with Gasteiger partial charge in [0.15, 0.2) is 0 Å². The maximum Gasteiger partial charge on any atom is 0.107 e. The largest absolute Gasteiger partial charge is 0.472 e. The Kier molecular flexibility index (Phi) is 2.94. The number of furan rings is 1. The molecule has 0 amide bonds. The van der Waals surface area contributed by atoms with Crippen LogP contribution in [0.1, 0.15) is 17.2 Å². The quantitative estimate of drug-likeness (QED) is 0.766. The minimum Gasteiger partial charge on any atom is -0.472 e. The van der Waals surface area contributed by atoms with Gasteiger partial charge >= 0.3 is 0 Å². The molecule has 0 saturated heterocycles. The molecule has 3 aromatic rings. The molecular weight excluding hydrogens is 292 g/mol. The van der Waals surface area contributed by atoms with Crippen molar-refractivity contribution in [2.45, 2.75) is 6.10 Å². The fraction of sp³-hybridized carbons (Fsp3) is 0.0667. The predicted octanol–water partition coefficient (Wildman–Crippen LogP) is 4.28. The molecule has 0 bridgehead atoms. The van der Waals surface area contributed by atoms with Crippen LogP contribution in [0.25, 0.3) is 10.8 Å². The van der Waals surface area contributed by atoms with Crippen LogP contribution in [0, 0.1) is 0 Å². The first-order valence-corrected chi connectivity index (χ1v) is 6.43. The lowest BCUT2D eigenvalue weighted by Gasteiger charge is -2.10. The van der Waals surface area contributed by atoms with E-state index in [4.69, 9.17) is 4.42 Å². The van der Waals surface area contributed by atoms with Crippen molar-refractivity contribution < 1.29 is 9.52 Å². The van der Waals surface area contributed by atoms with Crippen molar-refractivity contribution >= 4 is 26.7 Å². The van der Waals surface area contributed by atoms with E-state index in [2.05, 4.69) is 22.0 Å². The van der Waals surface area contributed by atoms with Crippen molar-refractivity contribution in [2.75, 3.05) is 0 Å². The van der Waals surface area contributed by atoms with E-state index < -0.39 is 6.10 Å². The van der Waals surface area contributed by atoms with Gasteiger partial charge in [-0.05, 0) is 40.6 Å². The molecule has 1 unspecified atom stereocenters. The first-order valence-electron chi connectivity index (χ1n) is 5.63. The molecule has 3 rings (SSSR count). The number of benzene rings is 2. The van der Waals surface area contributed by atoms with Gasteiger partial charge in [0, 0.05) is 10.0 Å². The van der Waals surface area contributed by atoms with Gasteiger partial charge in [-0.2, -0.15) is 0 Å². The van der Waals surface area contributed by atoms with Gasteiger partial charge in [-0.3, -0.25) is 0 Å². The molecule has 0 aliphatic rings. The zero-order chi connectivity index (χ0) is 12.5. The number of halogens is 1. The van der Waals surface area contributed by atoms with Crippen LogP contribution in [0.5, 0.6) is 0 Å².